The molecule has 1 aromatic heterocycles. The number of carbonyl (C=O) groups excluding carboxylic acids is 1. The van der Waals surface area contributed by atoms with Crippen LogP contribution in [0.1, 0.15) is 17.7 Å². The van der Waals surface area contributed by atoms with Gasteiger partial charge >= 0.3 is 0 Å². The lowest BCUT2D eigenvalue weighted by Crippen LogP contribution is -2.02. The summed E-state index contributed by atoms with van der Waals surface area (Å²) in [6, 6.07) is 13.3. The first-order valence-corrected chi connectivity index (χ1v) is 7.62. The molecule has 0 radical (unpaired) electrons. The predicted molar refractivity (Wildman–Crippen MR) is 82.2 cm³/mol. The number of benzene rings is 1. The Balaban J connectivity index is 1.85. The molecular formula is C17H13NO2S. The minimum absolute atomic E-state index is 0.0449. The normalized spacial score (nSPS) is 14.5. The predicted octanol–water partition coefficient (Wildman–Crippen LogP) is 4.43. The Hall–Kier alpha value is -2.38. The molecule has 0 aliphatic heterocycles. The lowest BCUT2D eigenvalue weighted by molar-refractivity contribution is -0.116. The van der Waals surface area contributed by atoms with Crippen molar-refractivity contribution in [2.75, 3.05) is 0 Å². The van der Waals surface area contributed by atoms with E-state index in [1.54, 1.807) is 6.08 Å². The van der Waals surface area contributed by atoms with Crippen molar-refractivity contribution in [3.05, 3.63) is 52.2 Å². The smallest absolute Gasteiger partial charge is 0.176 e. The molecule has 1 aliphatic carbocycles. The first-order chi connectivity index (χ1) is 10.3. The zero-order chi connectivity index (χ0) is 14.7. The number of allylic oxidation sites excluding steroid dienone is 1. The van der Waals surface area contributed by atoms with E-state index in [-0.39, 0.29) is 17.3 Å². The van der Waals surface area contributed by atoms with E-state index in [0.29, 0.717) is 5.75 Å². The number of nitrogens with zero attached hydrogens (tertiary/aromatic N) is 1. The van der Waals surface area contributed by atoms with Crippen LogP contribution >= 0.6 is 11.3 Å². The van der Waals surface area contributed by atoms with Crippen LogP contribution in [-0.2, 0) is 4.79 Å². The van der Waals surface area contributed by atoms with Crippen molar-refractivity contribution in [2.45, 2.75) is 12.8 Å². The third kappa shape index (κ3) is 3.21. The third-order valence-electron chi connectivity index (χ3n) is 3.24. The zero-order valence-electron chi connectivity index (χ0n) is 11.3. The van der Waals surface area contributed by atoms with Gasteiger partial charge in [-0.25, -0.2) is 0 Å². The fraction of sp³-hybridized carbons (Fsp3) is 0.176. The van der Waals surface area contributed by atoms with Gasteiger partial charge in [0, 0.05) is 5.92 Å². The molecule has 0 bridgehead atoms. The van der Waals surface area contributed by atoms with Gasteiger partial charge in [-0.15, -0.1) is 11.3 Å². The molecule has 1 saturated carbocycles. The minimum Gasteiger partial charge on any atom is -0.456 e. The summed E-state index contributed by atoms with van der Waals surface area (Å²) in [6.45, 7) is 0. The van der Waals surface area contributed by atoms with Gasteiger partial charge in [0.15, 0.2) is 5.78 Å². The molecule has 1 heterocycles. The first-order valence-electron chi connectivity index (χ1n) is 6.74. The van der Waals surface area contributed by atoms with E-state index in [9.17, 15) is 10.1 Å². The number of ketones is 1. The van der Waals surface area contributed by atoms with Gasteiger partial charge in [0.25, 0.3) is 0 Å². The van der Waals surface area contributed by atoms with Crippen molar-refractivity contribution in [3.63, 3.8) is 0 Å². The van der Waals surface area contributed by atoms with E-state index in [0.717, 1.165) is 23.5 Å². The van der Waals surface area contributed by atoms with Crippen molar-refractivity contribution in [1.29, 1.82) is 5.26 Å². The molecule has 1 fully saturated rings. The summed E-state index contributed by atoms with van der Waals surface area (Å²) < 4.78 is 5.80. The average molecular weight is 295 g/mol. The Labute approximate surface area is 127 Å². The summed E-state index contributed by atoms with van der Waals surface area (Å²) >= 11 is 1.46. The summed E-state index contributed by atoms with van der Waals surface area (Å²) in [4.78, 5) is 12.8. The molecule has 0 unspecified atom stereocenters. The van der Waals surface area contributed by atoms with E-state index in [1.165, 1.54) is 11.3 Å². The summed E-state index contributed by atoms with van der Waals surface area (Å²) in [5, 5.41) is 11.1. The van der Waals surface area contributed by atoms with Gasteiger partial charge in [-0.05, 0) is 42.5 Å². The van der Waals surface area contributed by atoms with Crippen molar-refractivity contribution in [1.82, 2.24) is 0 Å². The molecule has 21 heavy (non-hydrogen) atoms. The summed E-state index contributed by atoms with van der Waals surface area (Å²) in [5.74, 6) is 1.41. The molecule has 0 atom stereocenters. The number of thiophene rings is 1. The molecule has 2 aromatic rings. The molecule has 3 nitrogen and oxygen atoms in total. The SMILES string of the molecule is N#C/C(=C\c1sccc1Oc1ccccc1)C(=O)C1CC1. The van der Waals surface area contributed by atoms with Crippen LogP contribution in [0.5, 0.6) is 11.5 Å². The van der Waals surface area contributed by atoms with Crippen molar-refractivity contribution >= 4 is 23.2 Å². The Morgan fingerprint density at radius 3 is 2.71 bits per heavy atom. The van der Waals surface area contributed by atoms with E-state index in [2.05, 4.69) is 0 Å². The largest absolute Gasteiger partial charge is 0.456 e. The van der Waals surface area contributed by atoms with Crippen LogP contribution in [0.4, 0.5) is 0 Å². The minimum atomic E-state index is -0.0449. The Morgan fingerprint density at radius 2 is 2.05 bits per heavy atom. The van der Waals surface area contributed by atoms with E-state index in [1.807, 2.05) is 47.8 Å². The molecule has 104 valence electrons. The van der Waals surface area contributed by atoms with Gasteiger partial charge < -0.3 is 4.74 Å². The highest BCUT2D eigenvalue weighted by atomic mass is 32.1. The maximum absolute atomic E-state index is 12.0. The Bertz CT molecular complexity index is 721. The molecule has 1 aromatic carbocycles. The van der Waals surface area contributed by atoms with Gasteiger partial charge in [0.2, 0.25) is 0 Å². The van der Waals surface area contributed by atoms with Gasteiger partial charge in [0.1, 0.15) is 17.6 Å². The van der Waals surface area contributed by atoms with E-state index < -0.39 is 0 Å². The number of rotatable bonds is 5. The van der Waals surface area contributed by atoms with Crippen LogP contribution in [0.2, 0.25) is 0 Å². The standard InChI is InChI=1S/C17H13NO2S/c18-11-13(17(19)12-6-7-12)10-16-15(8-9-21-16)20-14-4-2-1-3-5-14/h1-5,8-10,12H,6-7H2/b13-10+. The van der Waals surface area contributed by atoms with Crippen LogP contribution in [0.15, 0.2) is 47.4 Å². The number of hydrogen-bond acceptors (Lipinski definition) is 4. The number of Topliss-reactive ketones (excluding diaryl/α,β-unsaturated/α-hetero) is 1. The second-order valence-corrected chi connectivity index (χ2v) is 5.82. The number of ether oxygens (including phenoxy) is 1. The molecule has 1 aliphatic rings. The Morgan fingerprint density at radius 1 is 1.29 bits per heavy atom. The molecule has 0 N–H and O–H groups in total. The lowest BCUT2D eigenvalue weighted by Gasteiger charge is -2.04. The lowest BCUT2D eigenvalue weighted by atomic mass is 10.1. The van der Waals surface area contributed by atoms with Gasteiger partial charge in [0.05, 0.1) is 10.5 Å². The monoisotopic (exact) mass is 295 g/mol. The highest BCUT2D eigenvalue weighted by molar-refractivity contribution is 7.11. The second kappa shape index (κ2) is 5.94. The average Bonchev–Trinajstić information content (AvgIpc) is 3.28. The molecular weight excluding hydrogens is 282 g/mol. The number of carbonyl (C=O) groups is 1. The Kier molecular flexibility index (Phi) is 3.85. The molecule has 0 saturated heterocycles. The quantitative estimate of drug-likeness (QED) is 0.605. The second-order valence-electron chi connectivity index (χ2n) is 4.87. The van der Waals surface area contributed by atoms with Crippen molar-refractivity contribution in [2.24, 2.45) is 5.92 Å². The molecule has 4 heteroatoms. The van der Waals surface area contributed by atoms with Crippen LogP contribution in [0.25, 0.3) is 6.08 Å². The fourth-order valence-electron chi connectivity index (χ4n) is 1.97. The molecule has 0 amide bonds. The topological polar surface area (TPSA) is 50.1 Å². The number of para-hydroxylation sites is 1. The van der Waals surface area contributed by atoms with Gasteiger partial charge in [-0.2, -0.15) is 5.26 Å². The highest BCUT2D eigenvalue weighted by Gasteiger charge is 2.32. The van der Waals surface area contributed by atoms with Crippen LogP contribution < -0.4 is 4.74 Å². The maximum atomic E-state index is 12.0. The van der Waals surface area contributed by atoms with Gasteiger partial charge in [-0.3, -0.25) is 4.79 Å². The number of hydrogen-bond donors (Lipinski definition) is 0. The fourth-order valence-corrected chi connectivity index (χ4v) is 2.72. The highest BCUT2D eigenvalue weighted by Crippen LogP contribution is 2.35. The van der Waals surface area contributed by atoms with Crippen molar-refractivity contribution < 1.29 is 9.53 Å². The maximum Gasteiger partial charge on any atom is 0.176 e. The summed E-state index contributed by atoms with van der Waals surface area (Å²) in [5.41, 5.74) is 0.220. The third-order valence-corrected chi connectivity index (χ3v) is 4.08. The van der Waals surface area contributed by atoms with Gasteiger partial charge in [-0.1, -0.05) is 18.2 Å². The molecule has 3 rings (SSSR count). The van der Waals surface area contributed by atoms with Crippen LogP contribution in [-0.4, -0.2) is 5.78 Å². The zero-order valence-corrected chi connectivity index (χ0v) is 12.1. The number of nitriles is 1. The molecule has 0 spiro atoms. The van der Waals surface area contributed by atoms with Crippen LogP contribution in [0, 0.1) is 17.2 Å². The summed E-state index contributed by atoms with van der Waals surface area (Å²) in [6.07, 6.45) is 3.44. The van der Waals surface area contributed by atoms with E-state index in [4.69, 9.17) is 4.74 Å². The van der Waals surface area contributed by atoms with Crippen molar-refractivity contribution in [3.8, 4) is 17.6 Å². The van der Waals surface area contributed by atoms with E-state index >= 15 is 0 Å². The summed E-state index contributed by atoms with van der Waals surface area (Å²) in [7, 11) is 0. The van der Waals surface area contributed by atoms with Crippen LogP contribution in [0.3, 0.4) is 0 Å². The first kappa shape index (κ1) is 13.6.